The van der Waals surface area contributed by atoms with Gasteiger partial charge in [0.15, 0.2) is 5.75 Å². The first kappa shape index (κ1) is 11.8. The van der Waals surface area contributed by atoms with Crippen LogP contribution in [0.15, 0.2) is 36.5 Å². The molecule has 1 aromatic heterocycles. The molecule has 0 fully saturated rings. The van der Waals surface area contributed by atoms with Gasteiger partial charge in [0.1, 0.15) is 5.75 Å². The van der Waals surface area contributed by atoms with Crippen LogP contribution in [0.4, 0.5) is 11.4 Å². The third kappa shape index (κ3) is 2.37. The van der Waals surface area contributed by atoms with Gasteiger partial charge in [-0.15, -0.1) is 0 Å². The number of hydrogen-bond donors (Lipinski definition) is 1. The van der Waals surface area contributed by atoms with E-state index in [1.165, 1.54) is 18.2 Å². The van der Waals surface area contributed by atoms with Crippen molar-refractivity contribution in [1.82, 2.24) is 4.98 Å². The van der Waals surface area contributed by atoms with Crippen molar-refractivity contribution in [2.75, 3.05) is 5.73 Å². The third-order valence-corrected chi connectivity index (χ3v) is 2.38. The van der Waals surface area contributed by atoms with E-state index in [-0.39, 0.29) is 11.4 Å². The maximum Gasteiger partial charge on any atom is 0.271 e. The second-order valence-electron chi connectivity index (χ2n) is 3.67. The smallest absolute Gasteiger partial charge is 0.271 e. The highest BCUT2D eigenvalue weighted by Gasteiger charge is 2.11. The number of nitrogen functional groups attached to an aromatic ring is 1. The summed E-state index contributed by atoms with van der Waals surface area (Å²) in [5.41, 5.74) is 6.57. The molecule has 0 unspecified atom stereocenters. The lowest BCUT2D eigenvalue weighted by Gasteiger charge is -2.09. The summed E-state index contributed by atoms with van der Waals surface area (Å²) in [7, 11) is 0. The molecular weight excluding hydrogens is 234 g/mol. The van der Waals surface area contributed by atoms with Crippen LogP contribution >= 0.6 is 0 Å². The van der Waals surface area contributed by atoms with E-state index in [9.17, 15) is 10.1 Å². The molecule has 2 aromatic rings. The fourth-order valence-corrected chi connectivity index (χ4v) is 1.44. The lowest BCUT2D eigenvalue weighted by Crippen LogP contribution is -1.96. The van der Waals surface area contributed by atoms with E-state index in [4.69, 9.17) is 10.5 Å². The molecule has 0 radical (unpaired) electrons. The highest BCUT2D eigenvalue weighted by atomic mass is 16.6. The topological polar surface area (TPSA) is 91.3 Å². The van der Waals surface area contributed by atoms with Crippen LogP contribution in [0, 0.1) is 17.0 Å². The van der Waals surface area contributed by atoms with Crippen molar-refractivity contribution >= 4 is 11.4 Å². The molecule has 0 amide bonds. The molecule has 1 aromatic carbocycles. The van der Waals surface area contributed by atoms with Crippen LogP contribution in [-0.2, 0) is 0 Å². The fourth-order valence-electron chi connectivity index (χ4n) is 1.44. The van der Waals surface area contributed by atoms with Gasteiger partial charge in [-0.25, -0.2) is 0 Å². The molecule has 0 saturated heterocycles. The second kappa shape index (κ2) is 4.70. The van der Waals surface area contributed by atoms with Crippen molar-refractivity contribution in [2.45, 2.75) is 6.92 Å². The maximum absolute atomic E-state index is 10.6. The predicted molar refractivity (Wildman–Crippen MR) is 66.6 cm³/mol. The summed E-state index contributed by atoms with van der Waals surface area (Å²) < 4.78 is 5.56. The highest BCUT2D eigenvalue weighted by molar-refractivity contribution is 5.59. The molecule has 0 aliphatic heterocycles. The Bertz CT molecular complexity index is 599. The van der Waals surface area contributed by atoms with E-state index >= 15 is 0 Å². The van der Waals surface area contributed by atoms with Gasteiger partial charge in [-0.2, -0.15) is 0 Å². The molecule has 6 nitrogen and oxygen atoms in total. The number of hydrogen-bond acceptors (Lipinski definition) is 5. The zero-order chi connectivity index (χ0) is 13.1. The number of aryl methyl sites for hydroxylation is 1. The zero-order valence-electron chi connectivity index (χ0n) is 9.66. The Balaban J connectivity index is 2.30. The first-order valence-electron chi connectivity index (χ1n) is 5.21. The summed E-state index contributed by atoms with van der Waals surface area (Å²) in [5, 5.41) is 10.6. The minimum absolute atomic E-state index is 0.0669. The molecule has 6 heteroatoms. The Kier molecular flexibility index (Phi) is 3.09. The minimum atomic E-state index is -0.505. The number of benzene rings is 1. The van der Waals surface area contributed by atoms with Crippen LogP contribution in [0.3, 0.4) is 0 Å². The summed E-state index contributed by atoms with van der Waals surface area (Å²) in [4.78, 5) is 14.1. The van der Waals surface area contributed by atoms with Crippen molar-refractivity contribution in [3.8, 4) is 11.5 Å². The first-order chi connectivity index (χ1) is 8.58. The number of pyridine rings is 1. The Hall–Kier alpha value is -2.63. The van der Waals surface area contributed by atoms with E-state index in [0.29, 0.717) is 11.5 Å². The predicted octanol–water partition coefficient (Wildman–Crippen LogP) is 2.67. The average Bonchev–Trinajstić information content (AvgIpc) is 2.34. The number of rotatable bonds is 3. The number of non-ortho nitro benzene ring substituents is 1. The second-order valence-corrected chi connectivity index (χ2v) is 3.67. The van der Waals surface area contributed by atoms with Gasteiger partial charge in [-0.1, -0.05) is 0 Å². The van der Waals surface area contributed by atoms with Crippen molar-refractivity contribution in [1.29, 1.82) is 0 Å². The summed E-state index contributed by atoms with van der Waals surface area (Å²) in [6.07, 6.45) is 1.65. The van der Waals surface area contributed by atoms with E-state index in [2.05, 4.69) is 4.98 Å². The van der Waals surface area contributed by atoms with Gasteiger partial charge in [0.05, 0.1) is 16.3 Å². The molecule has 0 saturated carbocycles. The normalized spacial score (nSPS) is 10.1. The van der Waals surface area contributed by atoms with Gasteiger partial charge in [0.2, 0.25) is 0 Å². The van der Waals surface area contributed by atoms with Gasteiger partial charge < -0.3 is 10.5 Å². The lowest BCUT2D eigenvalue weighted by atomic mass is 10.2. The minimum Gasteiger partial charge on any atom is -0.453 e. The van der Waals surface area contributed by atoms with Crippen molar-refractivity contribution in [3.05, 3.63) is 52.3 Å². The molecule has 0 aliphatic rings. The number of aromatic nitrogens is 1. The SMILES string of the molecule is Cc1ncccc1Oc1ccc([N+](=O)[O-])cc1N. The van der Waals surface area contributed by atoms with Crippen molar-refractivity contribution in [3.63, 3.8) is 0 Å². The number of nitro groups is 1. The number of nitro benzene ring substituents is 1. The van der Waals surface area contributed by atoms with E-state index < -0.39 is 4.92 Å². The van der Waals surface area contributed by atoms with E-state index in [0.717, 1.165) is 5.69 Å². The molecule has 0 spiro atoms. The molecule has 0 aliphatic carbocycles. The molecule has 1 heterocycles. The van der Waals surface area contributed by atoms with E-state index in [1.807, 2.05) is 0 Å². The first-order valence-corrected chi connectivity index (χ1v) is 5.21. The van der Waals surface area contributed by atoms with Crippen LogP contribution in [0.5, 0.6) is 11.5 Å². The molecule has 2 rings (SSSR count). The Morgan fingerprint density at radius 1 is 1.33 bits per heavy atom. The quantitative estimate of drug-likeness (QED) is 0.510. The molecule has 2 N–H and O–H groups in total. The van der Waals surface area contributed by atoms with Gasteiger partial charge in [0, 0.05) is 18.3 Å². The maximum atomic E-state index is 10.6. The van der Waals surface area contributed by atoms with Crippen molar-refractivity contribution in [2.24, 2.45) is 0 Å². The fraction of sp³-hybridized carbons (Fsp3) is 0.0833. The summed E-state index contributed by atoms with van der Waals surface area (Å²) in [5.74, 6) is 0.940. The van der Waals surface area contributed by atoms with Gasteiger partial charge >= 0.3 is 0 Å². The van der Waals surface area contributed by atoms with Crippen LogP contribution in [0.1, 0.15) is 5.69 Å². The monoisotopic (exact) mass is 245 g/mol. The van der Waals surface area contributed by atoms with Crippen LogP contribution in [0.25, 0.3) is 0 Å². The van der Waals surface area contributed by atoms with Crippen LogP contribution in [0.2, 0.25) is 0 Å². The summed E-state index contributed by atoms with van der Waals surface area (Å²) >= 11 is 0. The number of ether oxygens (including phenoxy) is 1. The molecule has 0 atom stereocenters. The highest BCUT2D eigenvalue weighted by Crippen LogP contribution is 2.31. The largest absolute Gasteiger partial charge is 0.453 e. The van der Waals surface area contributed by atoms with Crippen molar-refractivity contribution < 1.29 is 9.66 Å². The van der Waals surface area contributed by atoms with E-state index in [1.54, 1.807) is 25.3 Å². The lowest BCUT2D eigenvalue weighted by molar-refractivity contribution is -0.384. The van der Waals surface area contributed by atoms with Crippen LogP contribution in [-0.4, -0.2) is 9.91 Å². The number of anilines is 1. The standard InChI is InChI=1S/C12H11N3O3/c1-8-11(3-2-6-14-8)18-12-5-4-9(15(16)17)7-10(12)13/h2-7H,13H2,1H3. The molecule has 92 valence electrons. The van der Waals surface area contributed by atoms with Crippen LogP contribution < -0.4 is 10.5 Å². The Morgan fingerprint density at radius 3 is 2.72 bits per heavy atom. The van der Waals surface area contributed by atoms with Gasteiger partial charge in [-0.3, -0.25) is 15.1 Å². The summed E-state index contributed by atoms with van der Waals surface area (Å²) in [6.45, 7) is 1.80. The molecule has 18 heavy (non-hydrogen) atoms. The Morgan fingerprint density at radius 2 is 2.11 bits per heavy atom. The summed E-state index contributed by atoms with van der Waals surface area (Å²) in [6, 6.07) is 7.57. The van der Waals surface area contributed by atoms with Gasteiger partial charge in [-0.05, 0) is 25.1 Å². The zero-order valence-corrected chi connectivity index (χ0v) is 9.66. The third-order valence-electron chi connectivity index (χ3n) is 2.38. The molecular formula is C12H11N3O3. The molecule has 0 bridgehead atoms. The Labute approximate surface area is 103 Å². The number of nitrogens with two attached hydrogens (primary N) is 1. The average molecular weight is 245 g/mol. The number of nitrogens with zero attached hydrogens (tertiary/aromatic N) is 2. The van der Waals surface area contributed by atoms with Gasteiger partial charge in [0.25, 0.3) is 5.69 Å².